The summed E-state index contributed by atoms with van der Waals surface area (Å²) in [6.07, 6.45) is 1.28. The number of carbonyl (C=O) groups is 2. The summed E-state index contributed by atoms with van der Waals surface area (Å²) < 4.78 is 16.3. The predicted molar refractivity (Wildman–Crippen MR) is 72.7 cm³/mol. The number of tetrazole rings is 1. The number of Topliss-reactive ketones (excluding diaryl/α,β-unsaturated/α-hetero) is 1. The van der Waals surface area contributed by atoms with Crippen LogP contribution in [0.1, 0.15) is 10.4 Å². The second-order valence-corrected chi connectivity index (χ2v) is 4.16. The summed E-state index contributed by atoms with van der Waals surface area (Å²) in [5.74, 6) is -0.0322. The van der Waals surface area contributed by atoms with Gasteiger partial charge in [-0.05, 0) is 28.6 Å². The molecule has 0 saturated heterocycles. The van der Waals surface area contributed by atoms with Crippen molar-refractivity contribution in [3.8, 4) is 11.5 Å². The van der Waals surface area contributed by atoms with Crippen LogP contribution in [0.2, 0.25) is 0 Å². The predicted octanol–water partition coefficient (Wildman–Crippen LogP) is 0.116. The fourth-order valence-corrected chi connectivity index (χ4v) is 1.67. The molecular formula is C13H14N4O5. The topological polar surface area (TPSA) is 105 Å². The van der Waals surface area contributed by atoms with Gasteiger partial charge in [0.2, 0.25) is 0 Å². The highest BCUT2D eigenvalue weighted by Gasteiger charge is 2.13. The van der Waals surface area contributed by atoms with Crippen molar-refractivity contribution in [2.75, 3.05) is 20.8 Å². The molecule has 1 aromatic carbocycles. The molecule has 116 valence electrons. The number of hydrogen-bond acceptors (Lipinski definition) is 8. The first-order chi connectivity index (χ1) is 10.6. The third-order valence-corrected chi connectivity index (χ3v) is 2.75. The molecule has 0 aliphatic rings. The number of hydrogen-bond donors (Lipinski definition) is 0. The molecule has 1 heterocycles. The number of aromatic nitrogens is 4. The van der Waals surface area contributed by atoms with E-state index >= 15 is 0 Å². The molecule has 0 N–H and O–H groups in total. The molecule has 9 heteroatoms. The van der Waals surface area contributed by atoms with E-state index in [9.17, 15) is 9.59 Å². The molecule has 0 radical (unpaired) electrons. The van der Waals surface area contributed by atoms with Crippen LogP contribution in [-0.2, 0) is 16.1 Å². The van der Waals surface area contributed by atoms with E-state index in [0.29, 0.717) is 17.1 Å². The molecular weight excluding hydrogens is 292 g/mol. The Morgan fingerprint density at radius 2 is 1.95 bits per heavy atom. The van der Waals surface area contributed by atoms with E-state index in [2.05, 4.69) is 15.5 Å². The van der Waals surface area contributed by atoms with Gasteiger partial charge >= 0.3 is 5.97 Å². The fraction of sp³-hybridized carbons (Fsp3) is 0.308. The van der Waals surface area contributed by atoms with E-state index in [1.165, 1.54) is 31.3 Å². The average molecular weight is 306 g/mol. The molecule has 9 nitrogen and oxygen atoms in total. The first-order valence-corrected chi connectivity index (χ1v) is 6.25. The standard InChI is InChI=1S/C13H14N4O5/c1-20-11-4-3-9(5-12(11)21-2)10(18)7-22-13(19)6-17-8-14-15-16-17/h3-5,8H,6-7H2,1-2H3. The van der Waals surface area contributed by atoms with Crippen LogP contribution in [0.5, 0.6) is 11.5 Å². The number of nitrogens with zero attached hydrogens (tertiary/aromatic N) is 4. The minimum atomic E-state index is -0.610. The van der Waals surface area contributed by atoms with Crippen LogP contribution >= 0.6 is 0 Å². The first kappa shape index (κ1) is 15.4. The zero-order valence-corrected chi connectivity index (χ0v) is 12.1. The SMILES string of the molecule is COc1ccc(C(=O)COC(=O)Cn2cnnn2)cc1OC. The van der Waals surface area contributed by atoms with E-state index in [1.54, 1.807) is 12.1 Å². The van der Waals surface area contributed by atoms with Gasteiger partial charge in [0.05, 0.1) is 14.2 Å². The number of methoxy groups -OCH3 is 2. The van der Waals surface area contributed by atoms with Gasteiger partial charge in [0, 0.05) is 5.56 Å². The molecule has 2 rings (SSSR count). The Hall–Kier alpha value is -2.97. The lowest BCUT2D eigenvalue weighted by Gasteiger charge is -2.09. The van der Waals surface area contributed by atoms with E-state index in [4.69, 9.17) is 14.2 Å². The van der Waals surface area contributed by atoms with Gasteiger partial charge in [0.1, 0.15) is 12.9 Å². The van der Waals surface area contributed by atoms with Gasteiger partial charge in [-0.25, -0.2) is 4.68 Å². The molecule has 0 saturated carbocycles. The number of ketones is 1. The van der Waals surface area contributed by atoms with Crippen molar-refractivity contribution in [2.45, 2.75) is 6.54 Å². The van der Waals surface area contributed by atoms with Gasteiger partial charge in [-0.15, -0.1) is 5.10 Å². The maximum absolute atomic E-state index is 12.0. The van der Waals surface area contributed by atoms with Crippen LogP contribution < -0.4 is 9.47 Å². The summed E-state index contributed by atoms with van der Waals surface area (Å²) in [5.41, 5.74) is 0.355. The third kappa shape index (κ3) is 3.78. The van der Waals surface area contributed by atoms with Crippen LogP contribution in [0, 0.1) is 0 Å². The smallest absolute Gasteiger partial charge is 0.328 e. The Balaban J connectivity index is 1.93. The summed E-state index contributed by atoms with van der Waals surface area (Å²) in [6, 6.07) is 4.70. The van der Waals surface area contributed by atoms with Crippen molar-refractivity contribution in [2.24, 2.45) is 0 Å². The van der Waals surface area contributed by atoms with Crippen molar-refractivity contribution in [3.05, 3.63) is 30.1 Å². The molecule has 0 atom stereocenters. The van der Waals surface area contributed by atoms with Crippen molar-refractivity contribution < 1.29 is 23.8 Å². The Morgan fingerprint density at radius 3 is 2.59 bits per heavy atom. The van der Waals surface area contributed by atoms with Gasteiger partial charge < -0.3 is 14.2 Å². The first-order valence-electron chi connectivity index (χ1n) is 6.25. The Kier molecular flexibility index (Phi) is 5.02. The van der Waals surface area contributed by atoms with E-state index in [1.807, 2.05) is 0 Å². The van der Waals surface area contributed by atoms with Gasteiger partial charge in [-0.3, -0.25) is 9.59 Å². The summed E-state index contributed by atoms with van der Waals surface area (Å²) >= 11 is 0. The van der Waals surface area contributed by atoms with E-state index in [-0.39, 0.29) is 18.9 Å². The second-order valence-electron chi connectivity index (χ2n) is 4.16. The van der Waals surface area contributed by atoms with E-state index < -0.39 is 5.97 Å². The maximum atomic E-state index is 12.0. The van der Waals surface area contributed by atoms with Gasteiger partial charge in [0.15, 0.2) is 23.9 Å². The number of ether oxygens (including phenoxy) is 3. The minimum Gasteiger partial charge on any atom is -0.493 e. The van der Waals surface area contributed by atoms with Crippen molar-refractivity contribution in [3.63, 3.8) is 0 Å². The molecule has 0 bridgehead atoms. The van der Waals surface area contributed by atoms with Crippen LogP contribution in [0.3, 0.4) is 0 Å². The number of rotatable bonds is 7. The van der Waals surface area contributed by atoms with Gasteiger partial charge in [-0.2, -0.15) is 0 Å². The number of carbonyl (C=O) groups excluding carboxylic acids is 2. The largest absolute Gasteiger partial charge is 0.493 e. The Bertz CT molecular complexity index is 656. The normalized spacial score (nSPS) is 10.1. The third-order valence-electron chi connectivity index (χ3n) is 2.75. The molecule has 0 aliphatic carbocycles. The maximum Gasteiger partial charge on any atom is 0.328 e. The molecule has 1 aromatic heterocycles. The Morgan fingerprint density at radius 1 is 1.18 bits per heavy atom. The monoisotopic (exact) mass is 306 g/mol. The minimum absolute atomic E-state index is 0.161. The van der Waals surface area contributed by atoms with Crippen molar-refractivity contribution >= 4 is 11.8 Å². The quantitative estimate of drug-likeness (QED) is 0.524. The molecule has 0 fully saturated rings. The van der Waals surface area contributed by atoms with Crippen LogP contribution in [0.25, 0.3) is 0 Å². The zero-order valence-electron chi connectivity index (χ0n) is 12.1. The number of esters is 1. The van der Waals surface area contributed by atoms with E-state index in [0.717, 1.165) is 0 Å². The molecule has 2 aromatic rings. The van der Waals surface area contributed by atoms with Crippen molar-refractivity contribution in [1.29, 1.82) is 0 Å². The lowest BCUT2D eigenvalue weighted by Crippen LogP contribution is -2.18. The zero-order chi connectivity index (χ0) is 15.9. The summed E-state index contributed by atoms with van der Waals surface area (Å²) in [6.45, 7) is -0.539. The molecule has 22 heavy (non-hydrogen) atoms. The molecule has 0 unspecified atom stereocenters. The van der Waals surface area contributed by atoms with Crippen LogP contribution in [0.15, 0.2) is 24.5 Å². The highest BCUT2D eigenvalue weighted by Crippen LogP contribution is 2.27. The highest BCUT2D eigenvalue weighted by molar-refractivity contribution is 5.98. The second kappa shape index (κ2) is 7.16. The average Bonchev–Trinajstić information content (AvgIpc) is 3.04. The van der Waals surface area contributed by atoms with Crippen LogP contribution in [-0.4, -0.2) is 52.8 Å². The molecule has 0 spiro atoms. The summed E-state index contributed by atoms with van der Waals surface area (Å²) in [7, 11) is 2.97. The summed E-state index contributed by atoms with van der Waals surface area (Å²) in [4.78, 5) is 23.5. The number of benzene rings is 1. The molecule has 0 amide bonds. The van der Waals surface area contributed by atoms with Crippen molar-refractivity contribution in [1.82, 2.24) is 20.2 Å². The highest BCUT2D eigenvalue weighted by atomic mass is 16.5. The Labute approximate surface area is 125 Å². The summed E-state index contributed by atoms with van der Waals surface area (Å²) in [5, 5.41) is 10.3. The lowest BCUT2D eigenvalue weighted by atomic mass is 10.1. The fourth-order valence-electron chi connectivity index (χ4n) is 1.67. The lowest BCUT2D eigenvalue weighted by molar-refractivity contribution is -0.143. The van der Waals surface area contributed by atoms with Crippen LogP contribution in [0.4, 0.5) is 0 Å². The van der Waals surface area contributed by atoms with Gasteiger partial charge in [0.25, 0.3) is 0 Å². The van der Waals surface area contributed by atoms with Gasteiger partial charge in [-0.1, -0.05) is 0 Å². The molecule has 0 aliphatic heterocycles.